The van der Waals surface area contributed by atoms with Gasteiger partial charge >= 0.3 is 0 Å². The number of carbonyl (C=O) groups is 3. The third kappa shape index (κ3) is 5.43. The minimum Gasteiger partial charge on any atom is -0.496 e. The van der Waals surface area contributed by atoms with E-state index in [1.54, 1.807) is 54.0 Å². The van der Waals surface area contributed by atoms with E-state index in [9.17, 15) is 14.4 Å². The van der Waals surface area contributed by atoms with Crippen molar-refractivity contribution in [3.8, 4) is 16.2 Å². The molecule has 0 saturated carbocycles. The van der Waals surface area contributed by atoms with Gasteiger partial charge < -0.3 is 19.9 Å². The maximum Gasteiger partial charge on any atom is 0.268 e. The molecule has 10 heteroatoms. The Bertz CT molecular complexity index is 1710. The number of nitrogens with two attached hydrogens (primary N) is 1. The molecule has 0 aliphatic rings. The first kappa shape index (κ1) is 26.6. The molecule has 3 N–H and O–H groups in total. The number of imidazole rings is 1. The maximum atomic E-state index is 13.3. The standard InChI is InChI=1S/C30H27N5O4S/c1-34(29(38)19-8-4-3-5-9-19)20-12-13-23-22(18-20)32-30(35(23)17-16-27(31)36)33-28(37)26-15-14-25(40-26)21-10-6-7-11-24(21)39-2/h3-15,18H,16-17H2,1-2H3,(H2,31,36)(H,32,33,37). The highest BCUT2D eigenvalue weighted by atomic mass is 32.1. The molecule has 0 spiro atoms. The van der Waals surface area contributed by atoms with Crippen LogP contribution in [0.25, 0.3) is 21.5 Å². The van der Waals surface area contributed by atoms with Crippen LogP contribution >= 0.6 is 11.3 Å². The molecular formula is C30H27N5O4S. The molecule has 0 unspecified atom stereocenters. The second-order valence-corrected chi connectivity index (χ2v) is 10.1. The number of para-hydroxylation sites is 1. The van der Waals surface area contributed by atoms with Gasteiger partial charge in [0.05, 0.1) is 23.0 Å². The number of aromatic nitrogens is 2. The molecule has 0 aliphatic heterocycles. The number of nitrogens with one attached hydrogen (secondary N) is 1. The molecule has 40 heavy (non-hydrogen) atoms. The summed E-state index contributed by atoms with van der Waals surface area (Å²) < 4.78 is 7.20. The Labute approximate surface area is 234 Å². The molecule has 3 aromatic carbocycles. The smallest absolute Gasteiger partial charge is 0.268 e. The normalized spacial score (nSPS) is 10.8. The lowest BCUT2D eigenvalue weighted by Crippen LogP contribution is -2.26. The maximum absolute atomic E-state index is 13.3. The molecule has 202 valence electrons. The van der Waals surface area contributed by atoms with Crippen molar-refractivity contribution in [1.29, 1.82) is 0 Å². The summed E-state index contributed by atoms with van der Waals surface area (Å²) in [6.07, 6.45) is 0.0689. The zero-order valence-electron chi connectivity index (χ0n) is 22.0. The van der Waals surface area contributed by atoms with Crippen LogP contribution in [0.4, 0.5) is 11.6 Å². The van der Waals surface area contributed by atoms with Gasteiger partial charge in [0.25, 0.3) is 11.8 Å². The van der Waals surface area contributed by atoms with E-state index in [0.29, 0.717) is 27.2 Å². The summed E-state index contributed by atoms with van der Waals surface area (Å²) in [4.78, 5) is 45.4. The van der Waals surface area contributed by atoms with Gasteiger partial charge in [0.15, 0.2) is 0 Å². The van der Waals surface area contributed by atoms with Crippen molar-refractivity contribution in [2.24, 2.45) is 5.73 Å². The van der Waals surface area contributed by atoms with Crippen molar-refractivity contribution in [1.82, 2.24) is 9.55 Å². The van der Waals surface area contributed by atoms with Crippen molar-refractivity contribution in [3.05, 3.63) is 95.4 Å². The molecule has 0 saturated heterocycles. The quantitative estimate of drug-likeness (QED) is 0.261. The number of amides is 3. The fraction of sp³-hybridized carbons (Fsp3) is 0.133. The molecule has 9 nitrogen and oxygen atoms in total. The van der Waals surface area contributed by atoms with E-state index in [1.807, 2.05) is 54.6 Å². The Hall–Kier alpha value is -4.96. The second kappa shape index (κ2) is 11.4. The molecule has 0 atom stereocenters. The number of fused-ring (bicyclic) bond motifs is 1. The lowest BCUT2D eigenvalue weighted by molar-refractivity contribution is -0.118. The van der Waals surface area contributed by atoms with Crippen molar-refractivity contribution in [2.75, 3.05) is 24.4 Å². The average Bonchev–Trinajstić information content (AvgIpc) is 3.60. The lowest BCUT2D eigenvalue weighted by atomic mass is 10.1. The first-order valence-electron chi connectivity index (χ1n) is 12.5. The summed E-state index contributed by atoms with van der Waals surface area (Å²) in [6.45, 7) is 0.233. The van der Waals surface area contributed by atoms with Crippen LogP contribution < -0.4 is 20.7 Å². The van der Waals surface area contributed by atoms with E-state index in [0.717, 1.165) is 16.2 Å². The lowest BCUT2D eigenvalue weighted by Gasteiger charge is -2.17. The molecule has 3 amide bonds. The number of thiophene rings is 1. The first-order chi connectivity index (χ1) is 19.4. The van der Waals surface area contributed by atoms with Gasteiger partial charge in [0.2, 0.25) is 11.9 Å². The van der Waals surface area contributed by atoms with E-state index in [-0.39, 0.29) is 30.7 Å². The second-order valence-electron chi connectivity index (χ2n) is 9.02. The minimum absolute atomic E-state index is 0.0689. The Morgan fingerprint density at radius 2 is 1.75 bits per heavy atom. The van der Waals surface area contributed by atoms with Gasteiger partial charge in [-0.3, -0.25) is 19.7 Å². The molecule has 5 rings (SSSR count). The number of benzene rings is 3. The summed E-state index contributed by atoms with van der Waals surface area (Å²) in [6, 6.07) is 25.6. The van der Waals surface area contributed by atoms with Crippen LogP contribution in [-0.4, -0.2) is 41.4 Å². The van der Waals surface area contributed by atoms with Crippen LogP contribution in [-0.2, 0) is 11.3 Å². The Balaban J connectivity index is 1.44. The van der Waals surface area contributed by atoms with Crippen LogP contribution in [0.5, 0.6) is 5.75 Å². The number of nitrogens with zero attached hydrogens (tertiary/aromatic N) is 3. The van der Waals surface area contributed by atoms with Crippen LogP contribution in [0, 0.1) is 0 Å². The summed E-state index contributed by atoms with van der Waals surface area (Å²) in [5.41, 5.74) is 8.77. The number of anilines is 2. The van der Waals surface area contributed by atoms with Crippen LogP contribution in [0.1, 0.15) is 26.5 Å². The molecule has 0 aliphatic carbocycles. The highest BCUT2D eigenvalue weighted by Crippen LogP contribution is 2.35. The third-order valence-electron chi connectivity index (χ3n) is 6.45. The predicted octanol–water partition coefficient (Wildman–Crippen LogP) is 5.18. The van der Waals surface area contributed by atoms with Gasteiger partial charge in [-0.25, -0.2) is 4.98 Å². The van der Waals surface area contributed by atoms with Gasteiger partial charge in [-0.05, 0) is 54.6 Å². The van der Waals surface area contributed by atoms with E-state index in [2.05, 4.69) is 10.3 Å². The number of rotatable bonds is 9. The molecule has 2 heterocycles. The highest BCUT2D eigenvalue weighted by Gasteiger charge is 2.20. The summed E-state index contributed by atoms with van der Waals surface area (Å²) in [5.74, 6) is 0.0333. The van der Waals surface area contributed by atoms with Crippen molar-refractivity contribution < 1.29 is 19.1 Å². The topological polar surface area (TPSA) is 120 Å². The van der Waals surface area contributed by atoms with Crippen LogP contribution in [0.15, 0.2) is 84.9 Å². The number of primary amides is 1. The predicted molar refractivity (Wildman–Crippen MR) is 157 cm³/mol. The molecule has 0 fully saturated rings. The van der Waals surface area contributed by atoms with Gasteiger partial charge in [-0.15, -0.1) is 11.3 Å². The fourth-order valence-corrected chi connectivity index (χ4v) is 5.31. The molecule has 0 bridgehead atoms. The molecule has 5 aromatic rings. The Morgan fingerprint density at radius 3 is 2.50 bits per heavy atom. The van der Waals surface area contributed by atoms with E-state index < -0.39 is 5.91 Å². The summed E-state index contributed by atoms with van der Waals surface area (Å²) in [5, 5.41) is 2.89. The minimum atomic E-state index is -0.469. The number of hydrogen-bond acceptors (Lipinski definition) is 6. The number of hydrogen-bond donors (Lipinski definition) is 2. The SMILES string of the molecule is COc1ccccc1-c1ccc(C(=O)Nc2nc3cc(N(C)C(=O)c4ccccc4)ccc3n2CCC(N)=O)s1. The van der Waals surface area contributed by atoms with E-state index in [4.69, 9.17) is 10.5 Å². The van der Waals surface area contributed by atoms with Gasteiger partial charge in [-0.2, -0.15) is 0 Å². The largest absolute Gasteiger partial charge is 0.496 e. The Kier molecular flexibility index (Phi) is 7.61. The van der Waals surface area contributed by atoms with Crippen LogP contribution in [0.2, 0.25) is 0 Å². The zero-order chi connectivity index (χ0) is 28.2. The van der Waals surface area contributed by atoms with Crippen LogP contribution in [0.3, 0.4) is 0 Å². The molecular weight excluding hydrogens is 526 g/mol. The highest BCUT2D eigenvalue weighted by molar-refractivity contribution is 7.17. The number of carbonyl (C=O) groups excluding carboxylic acids is 3. The van der Waals surface area contributed by atoms with Crippen molar-refractivity contribution in [3.63, 3.8) is 0 Å². The number of methoxy groups -OCH3 is 1. The number of ether oxygens (including phenoxy) is 1. The van der Waals surface area contributed by atoms with Gasteiger partial charge in [-0.1, -0.05) is 30.3 Å². The van der Waals surface area contributed by atoms with Crippen molar-refractivity contribution >= 4 is 51.7 Å². The molecule has 0 radical (unpaired) electrons. The summed E-state index contributed by atoms with van der Waals surface area (Å²) >= 11 is 1.33. The van der Waals surface area contributed by atoms with Gasteiger partial charge in [0, 0.05) is 41.7 Å². The fourth-order valence-electron chi connectivity index (χ4n) is 4.38. The molecule has 2 aromatic heterocycles. The summed E-state index contributed by atoms with van der Waals surface area (Å²) in [7, 11) is 3.30. The third-order valence-corrected chi connectivity index (χ3v) is 7.57. The zero-order valence-corrected chi connectivity index (χ0v) is 22.8. The van der Waals surface area contributed by atoms with Crippen molar-refractivity contribution in [2.45, 2.75) is 13.0 Å². The van der Waals surface area contributed by atoms with Gasteiger partial charge in [0.1, 0.15) is 5.75 Å². The van der Waals surface area contributed by atoms with E-state index in [1.165, 1.54) is 11.3 Å². The Morgan fingerprint density at radius 1 is 1.00 bits per heavy atom. The monoisotopic (exact) mass is 553 g/mol. The first-order valence-corrected chi connectivity index (χ1v) is 13.3. The van der Waals surface area contributed by atoms with E-state index >= 15 is 0 Å². The average molecular weight is 554 g/mol. The number of aryl methyl sites for hydroxylation is 1.